The molecular weight excluding hydrogens is 283 g/mol. The maximum atomic E-state index is 12.8. The van der Waals surface area contributed by atoms with E-state index in [0.717, 1.165) is 0 Å². The first kappa shape index (κ1) is 13.3. The summed E-state index contributed by atoms with van der Waals surface area (Å²) in [6, 6.07) is 5.78. The highest BCUT2D eigenvalue weighted by Crippen LogP contribution is 2.21. The van der Waals surface area contributed by atoms with Gasteiger partial charge in [-0.25, -0.2) is 17.8 Å². The van der Waals surface area contributed by atoms with Crippen LogP contribution in [0.3, 0.4) is 0 Å². The predicted octanol–water partition coefficient (Wildman–Crippen LogP) is 2.02. The van der Waals surface area contributed by atoms with E-state index in [4.69, 9.17) is 4.42 Å². The zero-order valence-corrected chi connectivity index (χ0v) is 11.4. The largest absolute Gasteiger partial charge is 0.444 e. The van der Waals surface area contributed by atoms with Crippen LogP contribution in [0.1, 0.15) is 12.1 Å². The molecule has 0 atom stereocenters. The fourth-order valence-corrected chi connectivity index (χ4v) is 3.64. The molecule has 7 heteroatoms. The lowest BCUT2D eigenvalue weighted by Gasteiger charge is -2.11. The van der Waals surface area contributed by atoms with Crippen LogP contribution in [0, 0.1) is 5.82 Å². The molecule has 0 radical (unpaired) electrons. The molecule has 0 aliphatic carbocycles. The highest BCUT2D eigenvalue weighted by atomic mass is 32.2. The molecule has 1 aromatic carbocycles. The Labute approximate surface area is 116 Å². The topological polar surface area (TPSA) is 63.4 Å². The van der Waals surface area contributed by atoms with Crippen LogP contribution in [0.5, 0.6) is 0 Å². The third-order valence-electron chi connectivity index (χ3n) is 3.18. The van der Waals surface area contributed by atoms with Gasteiger partial charge in [0, 0.05) is 12.1 Å². The average molecular weight is 296 g/mol. The van der Waals surface area contributed by atoms with Gasteiger partial charge in [-0.05, 0) is 30.7 Å². The molecule has 1 aromatic heterocycles. The van der Waals surface area contributed by atoms with Gasteiger partial charge in [-0.2, -0.15) is 4.31 Å². The van der Waals surface area contributed by atoms with Crippen molar-refractivity contribution >= 4 is 10.0 Å². The van der Waals surface area contributed by atoms with Crippen molar-refractivity contribution in [2.45, 2.75) is 13.0 Å². The molecule has 2 heterocycles. The lowest BCUT2D eigenvalue weighted by atomic mass is 10.2. The fourth-order valence-electron chi connectivity index (χ4n) is 2.15. The van der Waals surface area contributed by atoms with Gasteiger partial charge in [0.05, 0.1) is 18.0 Å². The number of sulfonamides is 1. The van der Waals surface area contributed by atoms with Crippen LogP contribution in [0.25, 0.3) is 11.5 Å². The smallest absolute Gasteiger partial charge is 0.226 e. The van der Waals surface area contributed by atoms with E-state index in [2.05, 4.69) is 4.98 Å². The quantitative estimate of drug-likeness (QED) is 0.869. The predicted molar refractivity (Wildman–Crippen MR) is 70.7 cm³/mol. The lowest BCUT2D eigenvalue weighted by molar-refractivity contribution is 0.434. The van der Waals surface area contributed by atoms with Crippen LogP contribution < -0.4 is 0 Å². The minimum atomic E-state index is -3.14. The van der Waals surface area contributed by atoms with Gasteiger partial charge in [0.1, 0.15) is 12.1 Å². The number of nitrogens with zero attached hydrogens (tertiary/aromatic N) is 2. The third-order valence-corrected chi connectivity index (χ3v) is 5.09. The van der Waals surface area contributed by atoms with E-state index >= 15 is 0 Å². The van der Waals surface area contributed by atoms with Crippen molar-refractivity contribution in [1.29, 1.82) is 0 Å². The first-order valence-corrected chi connectivity index (χ1v) is 7.84. The van der Waals surface area contributed by atoms with E-state index < -0.39 is 10.0 Å². The molecule has 3 rings (SSSR count). The van der Waals surface area contributed by atoms with Crippen LogP contribution in [0.2, 0.25) is 0 Å². The van der Waals surface area contributed by atoms with E-state index in [9.17, 15) is 12.8 Å². The summed E-state index contributed by atoms with van der Waals surface area (Å²) in [5, 5.41) is 0. The molecular formula is C13H13FN2O3S. The summed E-state index contributed by atoms with van der Waals surface area (Å²) in [4.78, 5) is 4.24. The van der Waals surface area contributed by atoms with Crippen molar-refractivity contribution in [1.82, 2.24) is 9.29 Å². The van der Waals surface area contributed by atoms with E-state index in [1.807, 2.05) is 0 Å². The second kappa shape index (κ2) is 4.99. The number of halogens is 1. The Kier molecular flexibility index (Phi) is 3.31. The molecule has 1 saturated heterocycles. The van der Waals surface area contributed by atoms with Crippen molar-refractivity contribution in [3.05, 3.63) is 42.0 Å². The molecule has 1 aliphatic heterocycles. The first-order chi connectivity index (χ1) is 9.54. The minimum Gasteiger partial charge on any atom is -0.444 e. The SMILES string of the molecule is O=S1(=O)CCCN1Cc1coc(-c2ccc(F)cc2)n1. The summed E-state index contributed by atoms with van der Waals surface area (Å²) in [6.45, 7) is 0.730. The van der Waals surface area contributed by atoms with Crippen LogP contribution >= 0.6 is 0 Å². The van der Waals surface area contributed by atoms with Gasteiger partial charge in [0.2, 0.25) is 15.9 Å². The molecule has 1 aliphatic rings. The highest BCUT2D eigenvalue weighted by Gasteiger charge is 2.28. The van der Waals surface area contributed by atoms with Crippen LogP contribution in [-0.4, -0.2) is 30.0 Å². The molecule has 20 heavy (non-hydrogen) atoms. The van der Waals surface area contributed by atoms with Gasteiger partial charge in [-0.3, -0.25) is 0 Å². The number of aromatic nitrogens is 1. The van der Waals surface area contributed by atoms with Crippen molar-refractivity contribution in [3.63, 3.8) is 0 Å². The Morgan fingerprint density at radius 1 is 1.30 bits per heavy atom. The van der Waals surface area contributed by atoms with Crippen LogP contribution in [-0.2, 0) is 16.6 Å². The molecule has 1 fully saturated rings. The summed E-state index contributed by atoms with van der Waals surface area (Å²) in [5.41, 5.74) is 1.21. The maximum absolute atomic E-state index is 12.8. The van der Waals surface area contributed by atoms with Gasteiger partial charge < -0.3 is 4.42 Å². The Morgan fingerprint density at radius 3 is 2.70 bits per heavy atom. The minimum absolute atomic E-state index is 0.190. The van der Waals surface area contributed by atoms with Gasteiger partial charge in [-0.1, -0.05) is 0 Å². The summed E-state index contributed by atoms with van der Waals surface area (Å²) in [6.07, 6.45) is 2.08. The Hall–Kier alpha value is -1.73. The number of hydrogen-bond donors (Lipinski definition) is 0. The fraction of sp³-hybridized carbons (Fsp3) is 0.308. The molecule has 0 unspecified atom stereocenters. The van der Waals surface area contributed by atoms with E-state index in [1.54, 1.807) is 12.1 Å². The van der Waals surface area contributed by atoms with Crippen molar-refractivity contribution in [2.75, 3.05) is 12.3 Å². The molecule has 0 N–H and O–H groups in total. The Balaban J connectivity index is 1.79. The van der Waals surface area contributed by atoms with Crippen molar-refractivity contribution in [2.24, 2.45) is 0 Å². The van der Waals surface area contributed by atoms with Crippen molar-refractivity contribution in [3.8, 4) is 11.5 Å². The summed E-state index contributed by atoms with van der Waals surface area (Å²) >= 11 is 0. The lowest BCUT2D eigenvalue weighted by Crippen LogP contribution is -2.25. The van der Waals surface area contributed by atoms with Gasteiger partial charge in [0.25, 0.3) is 0 Å². The number of hydrogen-bond acceptors (Lipinski definition) is 4. The van der Waals surface area contributed by atoms with Gasteiger partial charge >= 0.3 is 0 Å². The zero-order chi connectivity index (χ0) is 14.2. The Bertz CT molecular complexity index is 709. The summed E-state index contributed by atoms with van der Waals surface area (Å²) in [5.74, 6) is 0.218. The number of oxazole rings is 1. The van der Waals surface area contributed by atoms with Gasteiger partial charge in [0.15, 0.2) is 0 Å². The van der Waals surface area contributed by atoms with E-state index in [1.165, 1.54) is 22.7 Å². The monoisotopic (exact) mass is 296 g/mol. The molecule has 0 spiro atoms. The highest BCUT2D eigenvalue weighted by molar-refractivity contribution is 7.89. The van der Waals surface area contributed by atoms with Crippen LogP contribution in [0.4, 0.5) is 4.39 Å². The first-order valence-electron chi connectivity index (χ1n) is 6.23. The standard InChI is InChI=1S/C13H13FN2O3S/c14-11-4-2-10(3-5-11)13-15-12(9-19-13)8-16-6-1-7-20(16,17)18/h2-5,9H,1,6-8H2. The molecule has 0 bridgehead atoms. The Morgan fingerprint density at radius 2 is 2.05 bits per heavy atom. The summed E-state index contributed by atoms with van der Waals surface area (Å²) in [7, 11) is -3.14. The molecule has 5 nitrogen and oxygen atoms in total. The second-order valence-corrected chi connectivity index (χ2v) is 6.74. The second-order valence-electron chi connectivity index (χ2n) is 4.65. The van der Waals surface area contributed by atoms with Crippen LogP contribution in [0.15, 0.2) is 34.9 Å². The van der Waals surface area contributed by atoms with E-state index in [0.29, 0.717) is 30.1 Å². The number of benzene rings is 1. The molecule has 106 valence electrons. The van der Waals surface area contributed by atoms with Crippen molar-refractivity contribution < 1.29 is 17.2 Å². The molecule has 0 amide bonds. The average Bonchev–Trinajstić information content (AvgIpc) is 2.99. The third kappa shape index (κ3) is 2.59. The molecule has 2 aromatic rings. The van der Waals surface area contributed by atoms with Gasteiger partial charge in [-0.15, -0.1) is 0 Å². The normalized spacial score (nSPS) is 18.4. The number of rotatable bonds is 3. The zero-order valence-electron chi connectivity index (χ0n) is 10.6. The summed E-state index contributed by atoms with van der Waals surface area (Å²) < 4.78 is 43.0. The molecule has 0 saturated carbocycles. The van der Waals surface area contributed by atoms with E-state index in [-0.39, 0.29) is 18.1 Å². The maximum Gasteiger partial charge on any atom is 0.226 e.